The fourth-order valence-electron chi connectivity index (χ4n) is 1.58. The molecule has 0 atom stereocenters. The standard InChI is InChI=1S/C12H13ClN4O/c1-3-8-7-10(17(2)16-8)12(18)15-9-5-4-6-14-11(9)13/h4-7H,3H2,1-2H3,(H,15,18). The van der Waals surface area contributed by atoms with Crippen molar-refractivity contribution in [2.45, 2.75) is 13.3 Å². The highest BCUT2D eigenvalue weighted by molar-refractivity contribution is 6.32. The van der Waals surface area contributed by atoms with Gasteiger partial charge in [-0.05, 0) is 24.6 Å². The molecule has 2 heterocycles. The maximum absolute atomic E-state index is 12.1. The summed E-state index contributed by atoms with van der Waals surface area (Å²) in [5.41, 5.74) is 1.86. The fourth-order valence-corrected chi connectivity index (χ4v) is 1.74. The van der Waals surface area contributed by atoms with E-state index < -0.39 is 0 Å². The molecule has 0 bridgehead atoms. The molecule has 5 nitrogen and oxygen atoms in total. The summed E-state index contributed by atoms with van der Waals surface area (Å²) in [7, 11) is 1.74. The van der Waals surface area contributed by atoms with Gasteiger partial charge in [-0.2, -0.15) is 5.10 Å². The van der Waals surface area contributed by atoms with E-state index in [0.717, 1.165) is 12.1 Å². The molecule has 0 unspecified atom stereocenters. The smallest absolute Gasteiger partial charge is 0.274 e. The minimum atomic E-state index is -0.250. The van der Waals surface area contributed by atoms with E-state index in [1.54, 1.807) is 36.1 Å². The van der Waals surface area contributed by atoms with Crippen LogP contribution < -0.4 is 5.32 Å². The van der Waals surface area contributed by atoms with Crippen LogP contribution in [0.5, 0.6) is 0 Å². The number of hydrogen-bond donors (Lipinski definition) is 1. The summed E-state index contributed by atoms with van der Waals surface area (Å²) in [6.45, 7) is 1.99. The molecule has 0 aliphatic rings. The minimum absolute atomic E-state index is 0.250. The highest BCUT2D eigenvalue weighted by atomic mass is 35.5. The molecule has 2 aromatic heterocycles. The van der Waals surface area contributed by atoms with Gasteiger partial charge >= 0.3 is 0 Å². The zero-order chi connectivity index (χ0) is 13.1. The van der Waals surface area contributed by atoms with Gasteiger partial charge < -0.3 is 5.32 Å². The number of carbonyl (C=O) groups excluding carboxylic acids is 1. The van der Waals surface area contributed by atoms with Gasteiger partial charge in [-0.25, -0.2) is 4.98 Å². The molecule has 6 heteroatoms. The maximum Gasteiger partial charge on any atom is 0.274 e. The van der Waals surface area contributed by atoms with Crippen molar-refractivity contribution in [3.8, 4) is 0 Å². The van der Waals surface area contributed by atoms with Gasteiger partial charge in [0.15, 0.2) is 5.15 Å². The van der Waals surface area contributed by atoms with Crippen LogP contribution in [-0.4, -0.2) is 20.7 Å². The van der Waals surface area contributed by atoms with Crippen LogP contribution >= 0.6 is 11.6 Å². The summed E-state index contributed by atoms with van der Waals surface area (Å²) in [5, 5.41) is 7.20. The van der Waals surface area contributed by atoms with E-state index in [0.29, 0.717) is 11.4 Å². The van der Waals surface area contributed by atoms with Crippen molar-refractivity contribution in [1.29, 1.82) is 0 Å². The third-order valence-electron chi connectivity index (χ3n) is 2.53. The zero-order valence-corrected chi connectivity index (χ0v) is 10.9. The Morgan fingerprint density at radius 2 is 2.33 bits per heavy atom. The number of amides is 1. The van der Waals surface area contributed by atoms with Crippen LogP contribution in [0.2, 0.25) is 5.15 Å². The van der Waals surface area contributed by atoms with Crippen LogP contribution in [0.3, 0.4) is 0 Å². The Labute approximate surface area is 110 Å². The van der Waals surface area contributed by atoms with E-state index in [1.165, 1.54) is 0 Å². The lowest BCUT2D eigenvalue weighted by molar-refractivity contribution is 0.101. The Bertz CT molecular complexity index is 579. The number of aromatic nitrogens is 3. The van der Waals surface area contributed by atoms with E-state index in [2.05, 4.69) is 15.4 Å². The Morgan fingerprint density at radius 1 is 1.56 bits per heavy atom. The largest absolute Gasteiger partial charge is 0.318 e. The van der Waals surface area contributed by atoms with Gasteiger partial charge in [0.1, 0.15) is 5.69 Å². The van der Waals surface area contributed by atoms with E-state index in [1.807, 2.05) is 6.92 Å². The molecule has 0 saturated heterocycles. The fraction of sp³-hybridized carbons (Fsp3) is 0.250. The number of nitrogens with one attached hydrogen (secondary N) is 1. The molecule has 2 aromatic rings. The van der Waals surface area contributed by atoms with Crippen LogP contribution in [0.1, 0.15) is 23.1 Å². The van der Waals surface area contributed by atoms with E-state index in [4.69, 9.17) is 11.6 Å². The highest BCUT2D eigenvalue weighted by Gasteiger charge is 2.14. The van der Waals surface area contributed by atoms with Crippen molar-refractivity contribution < 1.29 is 4.79 Å². The van der Waals surface area contributed by atoms with Gasteiger partial charge in [-0.1, -0.05) is 18.5 Å². The predicted molar refractivity (Wildman–Crippen MR) is 69.8 cm³/mol. The number of pyridine rings is 1. The number of halogens is 1. The second-order valence-corrected chi connectivity index (χ2v) is 4.15. The van der Waals surface area contributed by atoms with Crippen LogP contribution in [0.25, 0.3) is 0 Å². The summed E-state index contributed by atoms with van der Waals surface area (Å²) in [4.78, 5) is 16.0. The normalized spacial score (nSPS) is 10.4. The molecule has 0 saturated carbocycles. The number of carbonyl (C=O) groups is 1. The van der Waals surface area contributed by atoms with Gasteiger partial charge in [-0.15, -0.1) is 0 Å². The summed E-state index contributed by atoms with van der Waals surface area (Å²) in [6.07, 6.45) is 2.35. The molecule has 94 valence electrons. The van der Waals surface area contributed by atoms with Crippen molar-refractivity contribution in [3.05, 3.63) is 40.9 Å². The molecule has 2 rings (SSSR count). The van der Waals surface area contributed by atoms with Crippen LogP contribution in [0.15, 0.2) is 24.4 Å². The van der Waals surface area contributed by atoms with Gasteiger partial charge in [-0.3, -0.25) is 9.48 Å². The molecule has 1 amide bonds. The summed E-state index contributed by atoms with van der Waals surface area (Å²) >= 11 is 5.88. The quantitative estimate of drug-likeness (QED) is 0.866. The second-order valence-electron chi connectivity index (χ2n) is 3.79. The predicted octanol–water partition coefficient (Wildman–Crippen LogP) is 2.28. The van der Waals surface area contributed by atoms with Gasteiger partial charge in [0.25, 0.3) is 5.91 Å². The first-order valence-electron chi connectivity index (χ1n) is 5.56. The molecule has 0 aromatic carbocycles. The zero-order valence-electron chi connectivity index (χ0n) is 10.1. The number of aryl methyl sites for hydroxylation is 2. The summed E-state index contributed by atoms with van der Waals surface area (Å²) in [6, 6.07) is 5.17. The molecule has 0 radical (unpaired) electrons. The van der Waals surface area contributed by atoms with E-state index >= 15 is 0 Å². The average molecular weight is 265 g/mol. The molecule has 0 spiro atoms. The summed E-state index contributed by atoms with van der Waals surface area (Å²) < 4.78 is 1.55. The lowest BCUT2D eigenvalue weighted by atomic mass is 10.3. The monoisotopic (exact) mass is 264 g/mol. The van der Waals surface area contributed by atoms with Crippen molar-refractivity contribution in [3.63, 3.8) is 0 Å². The highest BCUT2D eigenvalue weighted by Crippen LogP contribution is 2.18. The van der Waals surface area contributed by atoms with Crippen molar-refractivity contribution in [2.75, 3.05) is 5.32 Å². The molecular formula is C12H13ClN4O. The Kier molecular flexibility index (Phi) is 3.62. The lowest BCUT2D eigenvalue weighted by Crippen LogP contribution is -2.16. The molecule has 0 fully saturated rings. The molecule has 0 aliphatic heterocycles. The number of hydrogen-bond acceptors (Lipinski definition) is 3. The van der Waals surface area contributed by atoms with Crippen LogP contribution in [-0.2, 0) is 13.5 Å². The first-order valence-corrected chi connectivity index (χ1v) is 5.94. The van der Waals surface area contributed by atoms with Gasteiger partial charge in [0, 0.05) is 13.2 Å². The third kappa shape index (κ3) is 2.51. The topological polar surface area (TPSA) is 59.8 Å². The minimum Gasteiger partial charge on any atom is -0.318 e. The Hall–Kier alpha value is -1.88. The van der Waals surface area contributed by atoms with E-state index in [-0.39, 0.29) is 11.1 Å². The Balaban J connectivity index is 2.22. The molecular weight excluding hydrogens is 252 g/mol. The first kappa shape index (κ1) is 12.6. The second kappa shape index (κ2) is 5.18. The first-order chi connectivity index (χ1) is 8.61. The van der Waals surface area contributed by atoms with Crippen molar-refractivity contribution in [1.82, 2.24) is 14.8 Å². The SMILES string of the molecule is CCc1cc(C(=O)Nc2cccnc2Cl)n(C)n1. The van der Waals surface area contributed by atoms with Gasteiger partial charge in [0.05, 0.1) is 11.4 Å². The maximum atomic E-state index is 12.1. The average Bonchev–Trinajstić information content (AvgIpc) is 2.73. The number of nitrogens with zero attached hydrogens (tertiary/aromatic N) is 3. The lowest BCUT2D eigenvalue weighted by Gasteiger charge is -2.05. The molecule has 18 heavy (non-hydrogen) atoms. The van der Waals surface area contributed by atoms with Crippen LogP contribution in [0.4, 0.5) is 5.69 Å². The number of rotatable bonds is 3. The summed E-state index contributed by atoms with van der Waals surface area (Å²) in [5.74, 6) is -0.250. The van der Waals surface area contributed by atoms with Crippen molar-refractivity contribution in [2.24, 2.45) is 7.05 Å². The van der Waals surface area contributed by atoms with E-state index in [9.17, 15) is 4.79 Å². The van der Waals surface area contributed by atoms with Crippen molar-refractivity contribution >= 4 is 23.2 Å². The molecule has 0 aliphatic carbocycles. The van der Waals surface area contributed by atoms with Gasteiger partial charge in [0.2, 0.25) is 0 Å². The van der Waals surface area contributed by atoms with Crippen LogP contribution in [0, 0.1) is 0 Å². The third-order valence-corrected chi connectivity index (χ3v) is 2.83. The number of anilines is 1. The Morgan fingerprint density at radius 3 is 2.94 bits per heavy atom. The molecule has 1 N–H and O–H groups in total.